The van der Waals surface area contributed by atoms with Crippen LogP contribution in [0, 0.1) is 6.92 Å². The van der Waals surface area contributed by atoms with E-state index in [1.54, 1.807) is 0 Å². The third-order valence-corrected chi connectivity index (χ3v) is 7.31. The lowest BCUT2D eigenvalue weighted by atomic mass is 10.1. The van der Waals surface area contributed by atoms with Crippen LogP contribution in [0.1, 0.15) is 32.0 Å². The Labute approximate surface area is 195 Å². The lowest BCUT2D eigenvalue weighted by Crippen LogP contribution is -2.48. The minimum Gasteiger partial charge on any atom is -0.348 e. The molecule has 2 heterocycles. The van der Waals surface area contributed by atoms with Gasteiger partial charge < -0.3 is 14.8 Å². The largest absolute Gasteiger partial charge is 0.348 e. The summed E-state index contributed by atoms with van der Waals surface area (Å²) in [5.41, 5.74) is 1.58. The third kappa shape index (κ3) is 5.28. The molecule has 1 aromatic heterocycles. The number of hydrogen-bond acceptors (Lipinski definition) is 5. The number of benzene rings is 1. The zero-order chi connectivity index (χ0) is 23.6. The highest BCUT2D eigenvalue weighted by Gasteiger charge is 2.30. The number of carbonyl (C=O) groups excluding carboxylic acids is 2. The average molecular weight is 525 g/mol. The molecule has 9 nitrogen and oxygen atoms in total. The van der Waals surface area contributed by atoms with Crippen molar-refractivity contribution in [2.45, 2.75) is 20.0 Å². The number of sulfonamides is 1. The number of carbonyl (C=O) groups is 2. The van der Waals surface area contributed by atoms with Crippen LogP contribution in [0.3, 0.4) is 0 Å². The first-order valence-corrected chi connectivity index (χ1v) is 12.6. The minimum absolute atomic E-state index is 0.0502. The van der Waals surface area contributed by atoms with Gasteiger partial charge in [0.05, 0.1) is 6.26 Å². The van der Waals surface area contributed by atoms with Gasteiger partial charge in [-0.1, -0.05) is 29.8 Å². The number of hydrogen-bond donors (Lipinski definition) is 1. The third-order valence-electron chi connectivity index (χ3n) is 5.40. The monoisotopic (exact) mass is 524 g/mol. The second-order valence-electron chi connectivity index (χ2n) is 7.76. The van der Waals surface area contributed by atoms with Crippen LogP contribution in [0.4, 0.5) is 0 Å². The number of nitrogens with one attached hydrogen (secondary N) is 1. The Balaban J connectivity index is 1.77. The summed E-state index contributed by atoms with van der Waals surface area (Å²) in [6.07, 6.45) is 1.10. The van der Waals surface area contributed by atoms with E-state index in [2.05, 4.69) is 21.2 Å². The normalized spacial score (nSPS) is 13.9. The SMILES string of the molecule is Cc1ccc(CNC(=O)c2cc(Br)c3n(c2=O)CCN(CCN(C)S(C)(=O)=O)C3=O)cc1. The highest BCUT2D eigenvalue weighted by atomic mass is 79.9. The van der Waals surface area contributed by atoms with Gasteiger partial charge in [-0.25, -0.2) is 12.7 Å². The fourth-order valence-electron chi connectivity index (χ4n) is 3.32. The molecule has 2 aromatic rings. The zero-order valence-corrected chi connectivity index (χ0v) is 20.5. The van der Waals surface area contributed by atoms with Crippen molar-refractivity contribution >= 4 is 37.8 Å². The second kappa shape index (κ2) is 9.55. The Morgan fingerprint density at radius 1 is 1.19 bits per heavy atom. The minimum atomic E-state index is -3.35. The van der Waals surface area contributed by atoms with Crippen molar-refractivity contribution in [3.63, 3.8) is 0 Å². The van der Waals surface area contributed by atoms with Crippen molar-refractivity contribution in [1.82, 2.24) is 19.1 Å². The van der Waals surface area contributed by atoms with Gasteiger partial charge >= 0.3 is 0 Å². The quantitative estimate of drug-likeness (QED) is 0.585. The molecular weight excluding hydrogens is 500 g/mol. The van der Waals surface area contributed by atoms with Crippen molar-refractivity contribution in [3.8, 4) is 0 Å². The molecule has 32 heavy (non-hydrogen) atoms. The summed E-state index contributed by atoms with van der Waals surface area (Å²) in [7, 11) is -1.91. The van der Waals surface area contributed by atoms with Crippen molar-refractivity contribution in [3.05, 3.63) is 67.5 Å². The van der Waals surface area contributed by atoms with Gasteiger partial charge in [-0.05, 0) is 34.5 Å². The molecule has 1 aromatic carbocycles. The summed E-state index contributed by atoms with van der Waals surface area (Å²) in [4.78, 5) is 40.0. The van der Waals surface area contributed by atoms with Gasteiger partial charge in [0.2, 0.25) is 10.0 Å². The van der Waals surface area contributed by atoms with Crippen LogP contribution in [-0.2, 0) is 23.1 Å². The van der Waals surface area contributed by atoms with E-state index < -0.39 is 27.4 Å². The smallest absolute Gasteiger partial charge is 0.271 e. The molecule has 0 saturated heterocycles. The lowest BCUT2D eigenvalue weighted by molar-refractivity contribution is 0.0691. The van der Waals surface area contributed by atoms with E-state index in [4.69, 9.17) is 0 Å². The van der Waals surface area contributed by atoms with Crippen molar-refractivity contribution < 1.29 is 18.0 Å². The molecule has 0 bridgehead atoms. The molecule has 0 unspecified atom stereocenters. The maximum absolute atomic E-state index is 12.9. The van der Waals surface area contributed by atoms with E-state index in [1.165, 1.54) is 26.9 Å². The fraction of sp³-hybridized carbons (Fsp3) is 0.381. The Morgan fingerprint density at radius 3 is 2.47 bits per heavy atom. The van der Waals surface area contributed by atoms with E-state index in [1.807, 2.05) is 31.2 Å². The molecule has 1 N–H and O–H groups in total. The van der Waals surface area contributed by atoms with Gasteiger partial charge in [0.1, 0.15) is 11.3 Å². The predicted molar refractivity (Wildman–Crippen MR) is 124 cm³/mol. The van der Waals surface area contributed by atoms with Crippen LogP contribution in [0.15, 0.2) is 39.6 Å². The summed E-state index contributed by atoms with van der Waals surface area (Å²) in [6.45, 7) is 3.04. The topological polar surface area (TPSA) is 109 Å². The predicted octanol–water partition coefficient (Wildman–Crippen LogP) is 1.20. The fourth-order valence-corrected chi connectivity index (χ4v) is 4.35. The highest BCUT2D eigenvalue weighted by molar-refractivity contribution is 9.10. The van der Waals surface area contributed by atoms with Crippen molar-refractivity contribution in [2.75, 3.05) is 32.9 Å². The molecule has 11 heteroatoms. The summed E-state index contributed by atoms with van der Waals surface area (Å²) in [6, 6.07) is 9.05. The van der Waals surface area contributed by atoms with Gasteiger partial charge in [0.25, 0.3) is 17.4 Å². The molecule has 0 atom stereocenters. The standard InChI is InChI=1S/C21H25BrN4O5S/c1-14-4-6-15(7-5-14)13-23-19(27)16-12-17(22)18-21(29)25(10-11-26(18)20(16)28)9-8-24(2)32(3,30)31/h4-7,12H,8-11,13H2,1-3H3,(H,23,27). The van der Waals surface area contributed by atoms with Crippen LogP contribution in [0.2, 0.25) is 0 Å². The van der Waals surface area contributed by atoms with Gasteiger partial charge in [-0.3, -0.25) is 14.4 Å². The van der Waals surface area contributed by atoms with Crippen LogP contribution >= 0.6 is 15.9 Å². The van der Waals surface area contributed by atoms with E-state index in [-0.39, 0.29) is 44.0 Å². The number of halogens is 1. The molecule has 1 aliphatic heterocycles. The van der Waals surface area contributed by atoms with Gasteiger partial charge in [-0.15, -0.1) is 0 Å². The molecule has 0 spiro atoms. The van der Waals surface area contributed by atoms with Crippen LogP contribution in [0.5, 0.6) is 0 Å². The number of likely N-dealkylation sites (N-methyl/N-ethyl adjacent to an activating group) is 1. The Morgan fingerprint density at radius 2 is 1.84 bits per heavy atom. The van der Waals surface area contributed by atoms with E-state index >= 15 is 0 Å². The number of rotatable bonds is 7. The molecule has 1 aliphatic rings. The number of nitrogens with zero attached hydrogens (tertiary/aromatic N) is 3. The van der Waals surface area contributed by atoms with Crippen molar-refractivity contribution in [1.29, 1.82) is 0 Å². The molecule has 3 rings (SSSR count). The lowest BCUT2D eigenvalue weighted by Gasteiger charge is -2.31. The van der Waals surface area contributed by atoms with Gasteiger partial charge in [0.15, 0.2) is 0 Å². The summed E-state index contributed by atoms with van der Waals surface area (Å²) in [5, 5.41) is 2.75. The van der Waals surface area contributed by atoms with Crippen molar-refractivity contribution in [2.24, 2.45) is 0 Å². The zero-order valence-electron chi connectivity index (χ0n) is 18.1. The van der Waals surface area contributed by atoms with Gasteiger partial charge in [0, 0.05) is 44.2 Å². The average Bonchev–Trinajstić information content (AvgIpc) is 2.73. The molecule has 0 radical (unpaired) electrons. The summed E-state index contributed by atoms with van der Waals surface area (Å²) >= 11 is 3.33. The maximum atomic E-state index is 12.9. The molecule has 2 amide bonds. The number of pyridine rings is 1. The van der Waals surface area contributed by atoms with Crippen LogP contribution < -0.4 is 10.9 Å². The highest BCUT2D eigenvalue weighted by Crippen LogP contribution is 2.21. The number of fused-ring (bicyclic) bond motifs is 1. The molecule has 172 valence electrons. The first kappa shape index (κ1) is 24.1. The first-order chi connectivity index (χ1) is 15.0. The molecule has 0 saturated carbocycles. The van der Waals surface area contributed by atoms with E-state index in [0.717, 1.165) is 17.4 Å². The van der Waals surface area contributed by atoms with Gasteiger partial charge in [-0.2, -0.15) is 0 Å². The first-order valence-electron chi connectivity index (χ1n) is 9.96. The Bertz CT molecular complexity index is 1210. The number of amides is 2. The summed E-state index contributed by atoms with van der Waals surface area (Å²) < 4.78 is 25.9. The summed E-state index contributed by atoms with van der Waals surface area (Å²) in [5.74, 6) is -0.912. The van der Waals surface area contributed by atoms with E-state index in [9.17, 15) is 22.8 Å². The van der Waals surface area contributed by atoms with Crippen LogP contribution in [0.25, 0.3) is 0 Å². The maximum Gasteiger partial charge on any atom is 0.271 e. The number of aryl methyl sites for hydroxylation is 1. The molecule has 0 aliphatic carbocycles. The Hall–Kier alpha value is -2.50. The number of aromatic nitrogens is 1. The molecule has 0 fully saturated rings. The van der Waals surface area contributed by atoms with Crippen LogP contribution in [-0.4, -0.2) is 66.9 Å². The Kier molecular flexibility index (Phi) is 7.21. The van der Waals surface area contributed by atoms with E-state index in [0.29, 0.717) is 4.47 Å². The second-order valence-corrected chi connectivity index (χ2v) is 10.7. The molecular formula is C21H25BrN4O5S.